The summed E-state index contributed by atoms with van der Waals surface area (Å²) in [4.78, 5) is 34.5. The van der Waals surface area contributed by atoms with E-state index in [2.05, 4.69) is 23.1 Å². The van der Waals surface area contributed by atoms with E-state index in [9.17, 15) is 19.7 Å². The number of nitrogens with zero attached hydrogens (tertiary/aromatic N) is 1. The van der Waals surface area contributed by atoms with Crippen molar-refractivity contribution in [3.8, 4) is 5.75 Å². The number of carbonyl (C=O) groups excluding carboxylic acids is 2. The van der Waals surface area contributed by atoms with E-state index < -0.39 is 16.7 Å². The predicted octanol–water partition coefficient (Wildman–Crippen LogP) is 2.72. The molecule has 2 aromatic carbocycles. The van der Waals surface area contributed by atoms with E-state index >= 15 is 0 Å². The van der Waals surface area contributed by atoms with E-state index in [0.29, 0.717) is 17.9 Å². The molecule has 0 spiro atoms. The van der Waals surface area contributed by atoms with Crippen LogP contribution in [-0.2, 0) is 0 Å². The quantitative estimate of drug-likeness (QED) is 0.274. The predicted molar refractivity (Wildman–Crippen MR) is 111 cm³/mol. The van der Waals surface area contributed by atoms with Gasteiger partial charge >= 0.3 is 0 Å². The molecular weight excluding hydrogens is 396 g/mol. The normalized spacial score (nSPS) is 9.97. The van der Waals surface area contributed by atoms with Crippen molar-refractivity contribution < 1.29 is 19.2 Å². The van der Waals surface area contributed by atoms with Crippen molar-refractivity contribution in [3.05, 3.63) is 69.8 Å². The van der Waals surface area contributed by atoms with Crippen LogP contribution in [0.1, 0.15) is 40.5 Å². The van der Waals surface area contributed by atoms with Crippen molar-refractivity contribution in [1.29, 1.82) is 0 Å². The van der Waals surface area contributed by atoms with E-state index in [-0.39, 0.29) is 16.4 Å². The van der Waals surface area contributed by atoms with Gasteiger partial charge in [-0.1, -0.05) is 25.5 Å². The number of ether oxygens (including phenoxy) is 1. The summed E-state index contributed by atoms with van der Waals surface area (Å²) in [6, 6.07) is 11.8. The molecular formula is C19H20N4O5S. The van der Waals surface area contributed by atoms with Crippen LogP contribution in [0.3, 0.4) is 0 Å². The molecule has 0 atom stereocenters. The number of nitrogens with one attached hydrogen (secondary N) is 3. The lowest BCUT2D eigenvalue weighted by atomic mass is 10.2. The third-order valence-electron chi connectivity index (χ3n) is 3.70. The monoisotopic (exact) mass is 416 g/mol. The number of rotatable bonds is 7. The summed E-state index contributed by atoms with van der Waals surface area (Å²) < 4.78 is 5.56. The summed E-state index contributed by atoms with van der Waals surface area (Å²) in [6.45, 7) is 2.62. The number of hydrazine groups is 1. The van der Waals surface area contributed by atoms with Gasteiger partial charge in [-0.2, -0.15) is 0 Å². The van der Waals surface area contributed by atoms with Gasteiger partial charge in [-0.3, -0.25) is 35.9 Å². The van der Waals surface area contributed by atoms with Gasteiger partial charge in [0.05, 0.1) is 11.5 Å². The Morgan fingerprint density at radius 1 is 1.07 bits per heavy atom. The van der Waals surface area contributed by atoms with Gasteiger partial charge in [0.1, 0.15) is 5.75 Å². The number of nitro benzene ring substituents is 1. The number of non-ortho nitro benzene ring substituents is 1. The first-order valence-electron chi connectivity index (χ1n) is 8.79. The van der Waals surface area contributed by atoms with Gasteiger partial charge in [0, 0.05) is 23.3 Å². The van der Waals surface area contributed by atoms with Crippen LogP contribution < -0.4 is 20.9 Å². The highest BCUT2D eigenvalue weighted by atomic mass is 32.1. The van der Waals surface area contributed by atoms with Gasteiger partial charge in [-0.05, 0) is 42.9 Å². The van der Waals surface area contributed by atoms with Crippen LogP contribution in [0.15, 0.2) is 48.5 Å². The number of unbranched alkanes of at least 4 members (excludes halogenated alkanes) is 1. The van der Waals surface area contributed by atoms with Gasteiger partial charge in [0.2, 0.25) is 0 Å². The standard InChI is InChI=1S/C19H20N4O5S/c1-2-3-10-28-16-9-5-7-14(12-16)17(24)20-19(29)22-21-18(25)13-6-4-8-15(11-13)23(26)27/h4-9,11-12H,2-3,10H2,1H3,(H,21,25)(H2,20,22,24,29). The first kappa shape index (κ1) is 21.8. The Morgan fingerprint density at radius 2 is 1.76 bits per heavy atom. The van der Waals surface area contributed by atoms with Crippen molar-refractivity contribution in [2.24, 2.45) is 0 Å². The van der Waals surface area contributed by atoms with E-state index in [1.54, 1.807) is 24.3 Å². The minimum Gasteiger partial charge on any atom is -0.494 e. The molecule has 0 bridgehead atoms. The van der Waals surface area contributed by atoms with Gasteiger partial charge in [-0.15, -0.1) is 0 Å². The average Bonchev–Trinajstić information content (AvgIpc) is 2.72. The molecule has 0 aromatic heterocycles. The van der Waals surface area contributed by atoms with Crippen molar-refractivity contribution in [2.45, 2.75) is 19.8 Å². The molecule has 10 heteroatoms. The topological polar surface area (TPSA) is 123 Å². The molecule has 29 heavy (non-hydrogen) atoms. The third-order valence-corrected chi connectivity index (χ3v) is 3.90. The lowest BCUT2D eigenvalue weighted by Gasteiger charge is -2.11. The van der Waals surface area contributed by atoms with Crippen molar-refractivity contribution in [1.82, 2.24) is 16.2 Å². The molecule has 0 saturated heterocycles. The lowest BCUT2D eigenvalue weighted by Crippen LogP contribution is -2.48. The number of amides is 2. The lowest BCUT2D eigenvalue weighted by molar-refractivity contribution is -0.384. The first-order valence-corrected chi connectivity index (χ1v) is 9.20. The smallest absolute Gasteiger partial charge is 0.270 e. The van der Waals surface area contributed by atoms with Crippen LogP contribution in [0.4, 0.5) is 5.69 Å². The molecule has 0 fully saturated rings. The van der Waals surface area contributed by atoms with Crippen molar-refractivity contribution in [2.75, 3.05) is 6.61 Å². The molecule has 0 unspecified atom stereocenters. The highest BCUT2D eigenvalue weighted by Crippen LogP contribution is 2.14. The highest BCUT2D eigenvalue weighted by molar-refractivity contribution is 7.80. The molecule has 3 N–H and O–H groups in total. The maximum atomic E-state index is 12.3. The van der Waals surface area contributed by atoms with Crippen LogP contribution in [0.25, 0.3) is 0 Å². The Bertz CT molecular complexity index is 919. The molecule has 0 radical (unpaired) electrons. The van der Waals surface area contributed by atoms with Gasteiger partial charge in [0.25, 0.3) is 17.5 Å². The van der Waals surface area contributed by atoms with E-state index in [1.165, 1.54) is 18.2 Å². The summed E-state index contributed by atoms with van der Waals surface area (Å²) in [6.07, 6.45) is 1.91. The second-order valence-electron chi connectivity index (χ2n) is 5.90. The van der Waals surface area contributed by atoms with Crippen molar-refractivity contribution in [3.63, 3.8) is 0 Å². The summed E-state index contributed by atoms with van der Waals surface area (Å²) in [5.74, 6) is -0.548. The zero-order chi connectivity index (χ0) is 21.2. The Morgan fingerprint density at radius 3 is 2.45 bits per heavy atom. The van der Waals surface area contributed by atoms with Crippen LogP contribution in [0.5, 0.6) is 5.75 Å². The largest absolute Gasteiger partial charge is 0.494 e. The van der Waals surface area contributed by atoms with Crippen LogP contribution in [0, 0.1) is 10.1 Å². The molecule has 9 nitrogen and oxygen atoms in total. The second-order valence-corrected chi connectivity index (χ2v) is 6.31. The van der Waals surface area contributed by atoms with Crippen molar-refractivity contribution >= 4 is 34.8 Å². The molecule has 0 heterocycles. The van der Waals surface area contributed by atoms with E-state index in [1.807, 2.05) is 0 Å². The molecule has 0 saturated carbocycles. The average molecular weight is 416 g/mol. The molecule has 152 valence electrons. The first-order chi connectivity index (χ1) is 13.9. The van der Waals surface area contributed by atoms with Crippen LogP contribution in [-0.4, -0.2) is 28.5 Å². The Hall–Kier alpha value is -3.53. The number of nitro groups is 1. The summed E-state index contributed by atoms with van der Waals surface area (Å²) in [5.41, 5.74) is 4.86. The number of hydrogen-bond donors (Lipinski definition) is 3. The third kappa shape index (κ3) is 6.85. The van der Waals surface area contributed by atoms with E-state index in [4.69, 9.17) is 17.0 Å². The molecule has 0 aliphatic rings. The van der Waals surface area contributed by atoms with Gasteiger partial charge in [0.15, 0.2) is 5.11 Å². The zero-order valence-electron chi connectivity index (χ0n) is 15.6. The highest BCUT2D eigenvalue weighted by Gasteiger charge is 2.13. The molecule has 0 aliphatic heterocycles. The fraction of sp³-hybridized carbons (Fsp3) is 0.211. The SMILES string of the molecule is CCCCOc1cccc(C(=O)NC(=S)NNC(=O)c2cccc([N+](=O)[O-])c2)c1. The fourth-order valence-electron chi connectivity index (χ4n) is 2.21. The number of hydrogen-bond acceptors (Lipinski definition) is 6. The summed E-state index contributed by atoms with van der Waals surface area (Å²) in [7, 11) is 0. The molecule has 0 aliphatic carbocycles. The van der Waals surface area contributed by atoms with Crippen LogP contribution in [0.2, 0.25) is 0 Å². The minimum absolute atomic E-state index is 0.0674. The number of carbonyl (C=O) groups is 2. The zero-order valence-corrected chi connectivity index (χ0v) is 16.5. The molecule has 2 amide bonds. The Kier molecular flexibility index (Phi) is 8.04. The number of benzene rings is 2. The van der Waals surface area contributed by atoms with E-state index in [0.717, 1.165) is 18.9 Å². The van der Waals surface area contributed by atoms with Gasteiger partial charge in [-0.25, -0.2) is 0 Å². The molecule has 2 aromatic rings. The Labute approximate surface area is 172 Å². The maximum absolute atomic E-state index is 12.3. The summed E-state index contributed by atoms with van der Waals surface area (Å²) in [5, 5.41) is 13.1. The van der Waals surface area contributed by atoms with Gasteiger partial charge < -0.3 is 4.74 Å². The molecule has 2 rings (SSSR count). The summed E-state index contributed by atoms with van der Waals surface area (Å²) >= 11 is 4.99. The maximum Gasteiger partial charge on any atom is 0.270 e. The number of thiocarbonyl (C=S) groups is 1. The fourth-order valence-corrected chi connectivity index (χ4v) is 2.36. The second kappa shape index (κ2) is 10.7. The van der Waals surface area contributed by atoms with Crippen LogP contribution >= 0.6 is 12.2 Å². The Balaban J connectivity index is 1.88. The minimum atomic E-state index is -0.642.